The molecular weight excluding hydrogens is 112 g/mol. The van der Waals surface area contributed by atoms with E-state index in [-0.39, 0.29) is 5.41 Å². The molecule has 0 aromatic heterocycles. The molecule has 0 heterocycles. The van der Waals surface area contributed by atoms with E-state index >= 15 is 0 Å². The van der Waals surface area contributed by atoms with Crippen LogP contribution in [-0.2, 0) is 4.79 Å². The van der Waals surface area contributed by atoms with Crippen LogP contribution in [0.3, 0.4) is 0 Å². The third-order valence-electron chi connectivity index (χ3n) is 1.93. The molecule has 0 fully saturated rings. The Labute approximate surface area is 57.5 Å². The SMILES string of the molecule is C[C@@H](CC=O)C(C)(C)C. The van der Waals surface area contributed by atoms with Gasteiger partial charge in [0.1, 0.15) is 6.29 Å². The molecule has 0 saturated carbocycles. The largest absolute Gasteiger partial charge is 0.303 e. The Bertz CT molecular complexity index is 89.2. The zero-order chi connectivity index (χ0) is 7.49. The van der Waals surface area contributed by atoms with Crippen molar-refractivity contribution in [2.45, 2.75) is 34.1 Å². The zero-order valence-electron chi connectivity index (χ0n) is 6.77. The molecule has 0 aromatic rings. The Hall–Kier alpha value is -0.330. The Morgan fingerprint density at radius 1 is 1.44 bits per heavy atom. The van der Waals surface area contributed by atoms with Crippen molar-refractivity contribution in [1.82, 2.24) is 0 Å². The van der Waals surface area contributed by atoms with Crippen molar-refractivity contribution in [1.29, 1.82) is 0 Å². The van der Waals surface area contributed by atoms with E-state index in [0.717, 1.165) is 6.29 Å². The highest BCUT2D eigenvalue weighted by Gasteiger charge is 2.18. The lowest BCUT2D eigenvalue weighted by molar-refractivity contribution is -0.109. The maximum atomic E-state index is 10.1. The van der Waals surface area contributed by atoms with E-state index in [2.05, 4.69) is 27.7 Å². The van der Waals surface area contributed by atoms with Crippen molar-refractivity contribution in [3.05, 3.63) is 0 Å². The molecule has 54 valence electrons. The van der Waals surface area contributed by atoms with Crippen molar-refractivity contribution in [2.75, 3.05) is 0 Å². The van der Waals surface area contributed by atoms with E-state index in [1.54, 1.807) is 0 Å². The second-order valence-electron chi connectivity index (χ2n) is 3.67. The van der Waals surface area contributed by atoms with Crippen molar-refractivity contribution in [3.63, 3.8) is 0 Å². The van der Waals surface area contributed by atoms with Gasteiger partial charge in [-0.05, 0) is 11.3 Å². The molecule has 0 aliphatic carbocycles. The van der Waals surface area contributed by atoms with E-state index in [1.807, 2.05) is 0 Å². The number of hydrogen-bond acceptors (Lipinski definition) is 1. The van der Waals surface area contributed by atoms with Gasteiger partial charge in [0, 0.05) is 6.42 Å². The molecular formula is C8H16O. The second-order valence-corrected chi connectivity index (χ2v) is 3.67. The van der Waals surface area contributed by atoms with Gasteiger partial charge in [0.15, 0.2) is 0 Å². The summed E-state index contributed by atoms with van der Waals surface area (Å²) >= 11 is 0. The van der Waals surface area contributed by atoms with Crippen LogP contribution in [0.4, 0.5) is 0 Å². The van der Waals surface area contributed by atoms with Crippen molar-refractivity contribution in [2.24, 2.45) is 11.3 Å². The molecule has 0 radical (unpaired) electrons. The lowest BCUT2D eigenvalue weighted by atomic mass is 9.80. The maximum Gasteiger partial charge on any atom is 0.120 e. The number of carbonyl (C=O) groups is 1. The first-order valence-corrected chi connectivity index (χ1v) is 3.42. The minimum absolute atomic E-state index is 0.279. The lowest BCUT2D eigenvalue weighted by Gasteiger charge is -2.24. The number of rotatable bonds is 2. The fourth-order valence-electron chi connectivity index (χ4n) is 0.498. The van der Waals surface area contributed by atoms with Gasteiger partial charge < -0.3 is 4.79 Å². The molecule has 0 amide bonds. The van der Waals surface area contributed by atoms with Gasteiger partial charge in [-0.1, -0.05) is 27.7 Å². The summed E-state index contributed by atoms with van der Waals surface area (Å²) in [4.78, 5) is 10.1. The molecule has 1 nitrogen and oxygen atoms in total. The molecule has 0 rings (SSSR count). The monoisotopic (exact) mass is 128 g/mol. The highest BCUT2D eigenvalue weighted by atomic mass is 16.1. The van der Waals surface area contributed by atoms with Gasteiger partial charge in [-0.15, -0.1) is 0 Å². The number of aldehydes is 1. The van der Waals surface area contributed by atoms with E-state index in [4.69, 9.17) is 0 Å². The number of hydrogen-bond donors (Lipinski definition) is 0. The normalized spacial score (nSPS) is 15.1. The summed E-state index contributed by atoms with van der Waals surface area (Å²) < 4.78 is 0. The van der Waals surface area contributed by atoms with Crippen molar-refractivity contribution < 1.29 is 4.79 Å². The first-order valence-electron chi connectivity index (χ1n) is 3.42. The van der Waals surface area contributed by atoms with E-state index in [0.29, 0.717) is 12.3 Å². The first kappa shape index (κ1) is 8.67. The van der Waals surface area contributed by atoms with Crippen LogP contribution in [-0.4, -0.2) is 6.29 Å². The van der Waals surface area contributed by atoms with Crippen LogP contribution in [0.2, 0.25) is 0 Å². The summed E-state index contributed by atoms with van der Waals surface area (Å²) in [6, 6.07) is 0. The van der Waals surface area contributed by atoms with Crippen LogP contribution in [0.1, 0.15) is 34.1 Å². The van der Waals surface area contributed by atoms with Gasteiger partial charge in [-0.2, -0.15) is 0 Å². The van der Waals surface area contributed by atoms with Crippen molar-refractivity contribution in [3.8, 4) is 0 Å². The summed E-state index contributed by atoms with van der Waals surface area (Å²) in [5.41, 5.74) is 0.279. The minimum atomic E-state index is 0.279. The maximum absolute atomic E-state index is 10.1. The highest BCUT2D eigenvalue weighted by molar-refractivity contribution is 5.49. The van der Waals surface area contributed by atoms with Crippen LogP contribution in [0.15, 0.2) is 0 Å². The summed E-state index contributed by atoms with van der Waals surface area (Å²) in [5.74, 6) is 0.495. The predicted octanol–water partition coefficient (Wildman–Crippen LogP) is 2.26. The van der Waals surface area contributed by atoms with E-state index < -0.39 is 0 Å². The summed E-state index contributed by atoms with van der Waals surface area (Å²) in [6.45, 7) is 8.57. The van der Waals surface area contributed by atoms with Gasteiger partial charge in [0.2, 0.25) is 0 Å². The lowest BCUT2D eigenvalue weighted by Crippen LogP contribution is -2.17. The summed E-state index contributed by atoms with van der Waals surface area (Å²) in [7, 11) is 0. The van der Waals surface area contributed by atoms with Crippen LogP contribution in [0.5, 0.6) is 0 Å². The Kier molecular flexibility index (Phi) is 2.89. The third-order valence-corrected chi connectivity index (χ3v) is 1.93. The smallest absolute Gasteiger partial charge is 0.120 e. The average Bonchev–Trinajstić information content (AvgIpc) is 1.64. The Morgan fingerprint density at radius 3 is 2.00 bits per heavy atom. The molecule has 0 saturated heterocycles. The molecule has 0 aromatic carbocycles. The standard InChI is InChI=1S/C8H16O/c1-7(5-6-9)8(2,3)4/h6-7H,5H2,1-4H3/t7-/m0/s1. The summed E-state index contributed by atoms with van der Waals surface area (Å²) in [5, 5.41) is 0. The quantitative estimate of drug-likeness (QED) is 0.521. The fourth-order valence-corrected chi connectivity index (χ4v) is 0.498. The van der Waals surface area contributed by atoms with Crippen molar-refractivity contribution >= 4 is 6.29 Å². The molecule has 1 atom stereocenters. The fraction of sp³-hybridized carbons (Fsp3) is 0.875. The first-order chi connectivity index (χ1) is 3.98. The highest BCUT2D eigenvalue weighted by Crippen LogP contribution is 2.26. The minimum Gasteiger partial charge on any atom is -0.303 e. The van der Waals surface area contributed by atoms with Gasteiger partial charge in [0.05, 0.1) is 0 Å². The van der Waals surface area contributed by atoms with Gasteiger partial charge >= 0.3 is 0 Å². The Balaban J connectivity index is 3.72. The molecule has 0 aliphatic heterocycles. The van der Waals surface area contributed by atoms with E-state index in [1.165, 1.54) is 0 Å². The molecule has 0 unspecified atom stereocenters. The van der Waals surface area contributed by atoms with Crippen LogP contribution in [0.25, 0.3) is 0 Å². The van der Waals surface area contributed by atoms with Gasteiger partial charge in [-0.3, -0.25) is 0 Å². The van der Waals surface area contributed by atoms with Crippen LogP contribution >= 0.6 is 0 Å². The van der Waals surface area contributed by atoms with Crippen LogP contribution < -0.4 is 0 Å². The molecule has 1 heteroatoms. The average molecular weight is 128 g/mol. The second kappa shape index (κ2) is 3.00. The van der Waals surface area contributed by atoms with E-state index in [9.17, 15) is 4.79 Å². The molecule has 9 heavy (non-hydrogen) atoms. The predicted molar refractivity (Wildman–Crippen MR) is 39.3 cm³/mol. The van der Waals surface area contributed by atoms with Crippen LogP contribution in [0, 0.1) is 11.3 Å². The topological polar surface area (TPSA) is 17.1 Å². The molecule has 0 N–H and O–H groups in total. The van der Waals surface area contributed by atoms with Gasteiger partial charge in [-0.25, -0.2) is 0 Å². The molecule has 0 aliphatic rings. The zero-order valence-corrected chi connectivity index (χ0v) is 6.77. The number of carbonyl (C=O) groups excluding carboxylic acids is 1. The third kappa shape index (κ3) is 3.28. The molecule has 0 bridgehead atoms. The van der Waals surface area contributed by atoms with Gasteiger partial charge in [0.25, 0.3) is 0 Å². The molecule has 0 spiro atoms. The Morgan fingerprint density at radius 2 is 1.89 bits per heavy atom. The summed E-state index contributed by atoms with van der Waals surface area (Å²) in [6.07, 6.45) is 1.68.